The molecule has 0 N–H and O–H groups in total. The summed E-state index contributed by atoms with van der Waals surface area (Å²) in [5, 5.41) is 2.46. The van der Waals surface area contributed by atoms with E-state index in [1.165, 1.54) is 33.6 Å². The third-order valence-corrected chi connectivity index (χ3v) is 5.62. The van der Waals surface area contributed by atoms with Crippen molar-refractivity contribution in [3.8, 4) is 0 Å². The van der Waals surface area contributed by atoms with Crippen molar-refractivity contribution in [2.75, 3.05) is 5.75 Å². The summed E-state index contributed by atoms with van der Waals surface area (Å²) in [6.07, 6.45) is 0. The highest BCUT2D eigenvalue weighted by molar-refractivity contribution is 8.00. The third kappa shape index (κ3) is 3.80. The average Bonchev–Trinajstić information content (AvgIpc) is 2.94. The maximum absolute atomic E-state index is 12.0. The number of halogens is 1. The Hall–Kier alpha value is -1.83. The molecule has 0 unspecified atom stereocenters. The highest BCUT2D eigenvalue weighted by Gasteiger charge is 2.10. The molecule has 0 saturated heterocycles. The number of aryl methyl sites for hydroxylation is 1. The Morgan fingerprint density at radius 1 is 1.42 bits per heavy atom. The lowest BCUT2D eigenvalue weighted by Crippen LogP contribution is -2.16. The summed E-state index contributed by atoms with van der Waals surface area (Å²) in [6.45, 7) is 1.82. The summed E-state index contributed by atoms with van der Waals surface area (Å²) in [4.78, 5) is 29.7. The van der Waals surface area contributed by atoms with Crippen LogP contribution in [0.15, 0.2) is 45.4 Å². The molecule has 0 saturated carbocycles. The number of hydrogen-bond donors (Lipinski definition) is 0. The SMILES string of the molecule is Cc1csc2nc(COC(=O)CSc3ccccc3Cl)cc(=O)n12. The first-order valence-electron chi connectivity index (χ1n) is 7.04. The zero-order valence-electron chi connectivity index (χ0n) is 12.7. The quantitative estimate of drug-likeness (QED) is 0.500. The van der Waals surface area contributed by atoms with Gasteiger partial charge in [0.1, 0.15) is 6.61 Å². The largest absolute Gasteiger partial charge is 0.459 e. The normalized spacial score (nSPS) is 10.9. The number of benzene rings is 1. The molecule has 0 aliphatic heterocycles. The molecule has 2 heterocycles. The third-order valence-electron chi connectivity index (χ3n) is 3.19. The molecule has 24 heavy (non-hydrogen) atoms. The van der Waals surface area contributed by atoms with Crippen LogP contribution in [-0.2, 0) is 16.1 Å². The van der Waals surface area contributed by atoms with Crippen LogP contribution in [0.25, 0.3) is 4.96 Å². The zero-order chi connectivity index (χ0) is 17.1. The lowest BCUT2D eigenvalue weighted by atomic mass is 10.4. The van der Waals surface area contributed by atoms with E-state index in [1.54, 1.807) is 6.07 Å². The molecule has 8 heteroatoms. The van der Waals surface area contributed by atoms with Crippen molar-refractivity contribution in [1.29, 1.82) is 0 Å². The predicted molar refractivity (Wildman–Crippen MR) is 96.0 cm³/mol. The number of aromatic nitrogens is 2. The Bertz CT molecular complexity index is 952. The molecule has 0 amide bonds. The summed E-state index contributed by atoms with van der Waals surface area (Å²) < 4.78 is 6.72. The summed E-state index contributed by atoms with van der Waals surface area (Å²) in [6, 6.07) is 8.69. The number of carbonyl (C=O) groups excluding carboxylic acids is 1. The van der Waals surface area contributed by atoms with Crippen molar-refractivity contribution in [2.24, 2.45) is 0 Å². The van der Waals surface area contributed by atoms with Crippen molar-refractivity contribution in [3.05, 3.63) is 62.5 Å². The van der Waals surface area contributed by atoms with E-state index in [4.69, 9.17) is 16.3 Å². The van der Waals surface area contributed by atoms with Crippen molar-refractivity contribution in [2.45, 2.75) is 18.4 Å². The fourth-order valence-corrected chi connectivity index (χ4v) is 4.00. The molecular weight excluding hydrogens is 368 g/mol. The summed E-state index contributed by atoms with van der Waals surface area (Å²) in [5.41, 5.74) is 1.11. The Balaban J connectivity index is 1.60. The van der Waals surface area contributed by atoms with E-state index in [9.17, 15) is 9.59 Å². The maximum Gasteiger partial charge on any atom is 0.316 e. The standard InChI is InChI=1S/C16H13ClN2O3S2/c1-10-8-24-16-18-11(6-14(20)19(10)16)7-22-15(21)9-23-13-5-3-2-4-12(13)17/h2-6,8H,7,9H2,1H3. The minimum absolute atomic E-state index is 0.0232. The van der Waals surface area contributed by atoms with Gasteiger partial charge in [0.25, 0.3) is 5.56 Å². The molecule has 0 spiro atoms. The molecule has 2 aromatic heterocycles. The molecule has 5 nitrogen and oxygen atoms in total. The van der Waals surface area contributed by atoms with E-state index in [0.29, 0.717) is 15.7 Å². The van der Waals surface area contributed by atoms with Crippen molar-refractivity contribution in [3.63, 3.8) is 0 Å². The Morgan fingerprint density at radius 2 is 2.21 bits per heavy atom. The lowest BCUT2D eigenvalue weighted by Gasteiger charge is -2.06. The van der Waals surface area contributed by atoms with Crippen LogP contribution in [0.3, 0.4) is 0 Å². The molecule has 1 aromatic carbocycles. The lowest BCUT2D eigenvalue weighted by molar-refractivity contribution is -0.141. The molecule has 3 aromatic rings. The van der Waals surface area contributed by atoms with Crippen LogP contribution in [0, 0.1) is 6.92 Å². The molecule has 0 radical (unpaired) electrons. The van der Waals surface area contributed by atoms with Gasteiger partial charge in [-0.3, -0.25) is 14.0 Å². The topological polar surface area (TPSA) is 60.7 Å². The number of carbonyl (C=O) groups is 1. The molecular formula is C16H13ClN2O3S2. The van der Waals surface area contributed by atoms with E-state index in [2.05, 4.69) is 4.98 Å². The number of ether oxygens (including phenoxy) is 1. The van der Waals surface area contributed by atoms with Crippen molar-refractivity contribution >= 4 is 45.6 Å². The zero-order valence-corrected chi connectivity index (χ0v) is 15.1. The second-order valence-corrected chi connectivity index (χ2v) is 7.22. The minimum atomic E-state index is -0.385. The molecule has 0 atom stereocenters. The van der Waals surface area contributed by atoms with Gasteiger partial charge in [0.05, 0.1) is 16.5 Å². The first kappa shape index (κ1) is 17.0. The smallest absolute Gasteiger partial charge is 0.316 e. The fraction of sp³-hybridized carbons (Fsp3) is 0.188. The molecule has 3 rings (SSSR count). The van der Waals surface area contributed by atoms with Gasteiger partial charge in [-0.2, -0.15) is 0 Å². The predicted octanol–water partition coefficient (Wildman–Crippen LogP) is 3.55. The number of nitrogens with zero attached hydrogens (tertiary/aromatic N) is 2. The number of rotatable bonds is 5. The highest BCUT2D eigenvalue weighted by atomic mass is 35.5. The average molecular weight is 381 g/mol. The second-order valence-electron chi connectivity index (χ2n) is 4.96. The molecule has 124 valence electrons. The van der Waals surface area contributed by atoms with Crippen LogP contribution < -0.4 is 5.56 Å². The molecule has 0 aliphatic carbocycles. The van der Waals surface area contributed by atoms with Gasteiger partial charge in [-0.05, 0) is 19.1 Å². The Morgan fingerprint density at radius 3 is 3.00 bits per heavy atom. The minimum Gasteiger partial charge on any atom is -0.459 e. The van der Waals surface area contributed by atoms with Crippen molar-refractivity contribution < 1.29 is 9.53 Å². The summed E-state index contributed by atoms with van der Waals surface area (Å²) >= 11 is 8.72. The van der Waals surface area contributed by atoms with Gasteiger partial charge in [-0.15, -0.1) is 23.1 Å². The molecule has 0 aliphatic rings. The maximum atomic E-state index is 12.0. The van der Waals surface area contributed by atoms with Crippen LogP contribution in [-0.4, -0.2) is 21.1 Å². The van der Waals surface area contributed by atoms with Crippen LogP contribution in [0.5, 0.6) is 0 Å². The van der Waals surface area contributed by atoms with Crippen LogP contribution in [0.2, 0.25) is 5.02 Å². The van der Waals surface area contributed by atoms with Gasteiger partial charge >= 0.3 is 5.97 Å². The Kier molecular flexibility index (Phi) is 5.23. The number of esters is 1. The number of thioether (sulfide) groups is 1. The van der Waals surface area contributed by atoms with Gasteiger partial charge in [-0.25, -0.2) is 4.98 Å². The van der Waals surface area contributed by atoms with Crippen molar-refractivity contribution in [1.82, 2.24) is 9.38 Å². The highest BCUT2D eigenvalue weighted by Crippen LogP contribution is 2.26. The molecule has 0 fully saturated rings. The number of thiazole rings is 1. The van der Waals surface area contributed by atoms with Crippen LogP contribution in [0.1, 0.15) is 11.4 Å². The van der Waals surface area contributed by atoms with E-state index < -0.39 is 0 Å². The van der Waals surface area contributed by atoms with Gasteiger partial charge in [0.2, 0.25) is 0 Å². The number of hydrogen-bond acceptors (Lipinski definition) is 6. The first-order valence-corrected chi connectivity index (χ1v) is 9.28. The first-order chi connectivity index (χ1) is 11.5. The van der Waals surface area contributed by atoms with E-state index in [1.807, 2.05) is 30.5 Å². The van der Waals surface area contributed by atoms with E-state index >= 15 is 0 Å². The van der Waals surface area contributed by atoms with Gasteiger partial charge in [-0.1, -0.05) is 23.7 Å². The van der Waals surface area contributed by atoms with Gasteiger partial charge in [0.15, 0.2) is 4.96 Å². The summed E-state index contributed by atoms with van der Waals surface area (Å²) in [7, 11) is 0. The van der Waals surface area contributed by atoms with E-state index in [0.717, 1.165) is 10.6 Å². The fourth-order valence-electron chi connectivity index (χ4n) is 2.07. The van der Waals surface area contributed by atoms with Gasteiger partial charge in [0, 0.05) is 22.0 Å². The number of fused-ring (bicyclic) bond motifs is 1. The monoisotopic (exact) mass is 380 g/mol. The van der Waals surface area contributed by atoms with E-state index in [-0.39, 0.29) is 23.9 Å². The van der Waals surface area contributed by atoms with Crippen LogP contribution in [0.4, 0.5) is 0 Å². The summed E-state index contributed by atoms with van der Waals surface area (Å²) in [5.74, 6) is -0.243. The molecule has 0 bridgehead atoms. The van der Waals surface area contributed by atoms with Gasteiger partial charge < -0.3 is 4.74 Å². The Labute approximate surface area is 151 Å². The van der Waals surface area contributed by atoms with Crippen LogP contribution >= 0.6 is 34.7 Å². The second kappa shape index (κ2) is 7.38.